The number of carbonyl (C=O) groups excluding carboxylic acids is 3. The molecule has 0 spiro atoms. The molecule has 1 fully saturated rings. The van der Waals surface area contributed by atoms with E-state index in [4.69, 9.17) is 0 Å². The number of hydrogen-bond acceptors (Lipinski definition) is 5. The molecular formula is C13H23N3O5. The van der Waals surface area contributed by atoms with Crippen molar-refractivity contribution >= 4 is 17.8 Å². The lowest BCUT2D eigenvalue weighted by Crippen LogP contribution is -2.54. The molecular weight excluding hydrogens is 278 g/mol. The molecule has 0 saturated carbocycles. The number of aliphatic hydroxyl groups is 2. The van der Waals surface area contributed by atoms with Gasteiger partial charge in [-0.25, -0.2) is 4.79 Å². The number of imide groups is 1. The minimum absolute atomic E-state index is 0.0451. The summed E-state index contributed by atoms with van der Waals surface area (Å²) in [5, 5.41) is 23.6. The molecule has 0 atom stereocenters. The summed E-state index contributed by atoms with van der Waals surface area (Å²) < 4.78 is 0. The Bertz CT molecular complexity index is 423. The third-order valence-corrected chi connectivity index (χ3v) is 3.69. The Morgan fingerprint density at radius 2 is 1.90 bits per heavy atom. The van der Waals surface area contributed by atoms with Gasteiger partial charge in [-0.05, 0) is 20.3 Å². The molecule has 0 radical (unpaired) electrons. The fourth-order valence-corrected chi connectivity index (χ4v) is 2.03. The zero-order chi connectivity index (χ0) is 16.3. The summed E-state index contributed by atoms with van der Waals surface area (Å²) in [5.41, 5.74) is -2.04. The van der Waals surface area contributed by atoms with Gasteiger partial charge in [0.15, 0.2) is 0 Å². The normalized spacial score (nSPS) is 17.9. The van der Waals surface area contributed by atoms with E-state index in [1.165, 1.54) is 0 Å². The van der Waals surface area contributed by atoms with Crippen LogP contribution < -0.4 is 10.6 Å². The van der Waals surface area contributed by atoms with Crippen LogP contribution in [0.25, 0.3) is 0 Å². The highest BCUT2D eigenvalue weighted by Gasteiger charge is 2.44. The van der Waals surface area contributed by atoms with Gasteiger partial charge in [0.25, 0.3) is 5.91 Å². The summed E-state index contributed by atoms with van der Waals surface area (Å²) in [7, 11) is 0. The van der Waals surface area contributed by atoms with E-state index >= 15 is 0 Å². The number of hydrogen-bond donors (Lipinski definition) is 4. The third-order valence-electron chi connectivity index (χ3n) is 3.69. The molecule has 1 aliphatic rings. The van der Waals surface area contributed by atoms with Crippen molar-refractivity contribution in [2.75, 3.05) is 19.8 Å². The molecule has 0 aliphatic carbocycles. The summed E-state index contributed by atoms with van der Waals surface area (Å²) in [4.78, 5) is 36.4. The third kappa shape index (κ3) is 3.70. The average molecular weight is 301 g/mol. The molecule has 1 heterocycles. The average Bonchev–Trinajstić information content (AvgIpc) is 2.63. The zero-order valence-corrected chi connectivity index (χ0v) is 12.6. The first-order valence-corrected chi connectivity index (χ1v) is 6.88. The molecule has 4 amide bonds. The lowest BCUT2D eigenvalue weighted by atomic mass is 9.98. The van der Waals surface area contributed by atoms with Crippen LogP contribution in [0.1, 0.15) is 33.6 Å². The molecule has 1 rings (SSSR count). The van der Waals surface area contributed by atoms with Crippen molar-refractivity contribution in [2.45, 2.75) is 44.7 Å². The Labute approximate surface area is 123 Å². The quantitative estimate of drug-likeness (QED) is 0.448. The van der Waals surface area contributed by atoms with Crippen molar-refractivity contribution in [1.82, 2.24) is 15.5 Å². The van der Waals surface area contributed by atoms with E-state index < -0.39 is 23.0 Å². The molecule has 120 valence electrons. The van der Waals surface area contributed by atoms with Crippen LogP contribution >= 0.6 is 0 Å². The van der Waals surface area contributed by atoms with Gasteiger partial charge in [-0.1, -0.05) is 6.92 Å². The molecule has 4 N–H and O–H groups in total. The molecule has 0 aromatic heterocycles. The number of nitrogens with one attached hydrogen (secondary N) is 2. The second kappa shape index (κ2) is 6.40. The van der Waals surface area contributed by atoms with Crippen LogP contribution in [-0.2, 0) is 9.59 Å². The molecule has 1 aliphatic heterocycles. The molecule has 0 aromatic rings. The highest BCUT2D eigenvalue weighted by Crippen LogP contribution is 2.17. The predicted molar refractivity (Wildman–Crippen MR) is 74.3 cm³/mol. The SMILES string of the molecule is CCC(CO)(CO)NC(=O)CCN1C(=O)NC(C)(C)C1=O. The molecule has 21 heavy (non-hydrogen) atoms. The number of urea groups is 1. The van der Waals surface area contributed by atoms with Gasteiger partial charge in [0.1, 0.15) is 5.54 Å². The molecule has 0 unspecified atom stereocenters. The lowest BCUT2D eigenvalue weighted by molar-refractivity contribution is -0.131. The van der Waals surface area contributed by atoms with E-state index in [2.05, 4.69) is 10.6 Å². The maximum atomic E-state index is 11.9. The Morgan fingerprint density at radius 1 is 1.33 bits per heavy atom. The van der Waals surface area contributed by atoms with Crippen LogP contribution in [0, 0.1) is 0 Å². The van der Waals surface area contributed by atoms with Crippen LogP contribution in [-0.4, -0.2) is 63.8 Å². The van der Waals surface area contributed by atoms with Gasteiger partial charge in [-0.2, -0.15) is 0 Å². The topological polar surface area (TPSA) is 119 Å². The van der Waals surface area contributed by atoms with E-state index in [1.807, 2.05) is 0 Å². The fraction of sp³-hybridized carbons (Fsp3) is 0.769. The summed E-state index contributed by atoms with van der Waals surface area (Å²) in [5.74, 6) is -0.823. The van der Waals surface area contributed by atoms with E-state index in [0.717, 1.165) is 4.90 Å². The van der Waals surface area contributed by atoms with Crippen LogP contribution in [0.5, 0.6) is 0 Å². The molecule has 8 nitrogen and oxygen atoms in total. The van der Waals surface area contributed by atoms with Crippen LogP contribution in [0.2, 0.25) is 0 Å². The minimum atomic E-state index is -1.08. The van der Waals surface area contributed by atoms with Crippen molar-refractivity contribution in [1.29, 1.82) is 0 Å². The van der Waals surface area contributed by atoms with Crippen LogP contribution in [0.3, 0.4) is 0 Å². The summed E-state index contributed by atoms with van der Waals surface area (Å²) >= 11 is 0. The van der Waals surface area contributed by atoms with E-state index in [9.17, 15) is 24.6 Å². The highest BCUT2D eigenvalue weighted by atomic mass is 16.3. The van der Waals surface area contributed by atoms with E-state index in [0.29, 0.717) is 6.42 Å². The Hall–Kier alpha value is -1.67. The van der Waals surface area contributed by atoms with Crippen molar-refractivity contribution in [3.05, 3.63) is 0 Å². The Morgan fingerprint density at radius 3 is 2.29 bits per heavy atom. The summed E-state index contributed by atoms with van der Waals surface area (Å²) in [6, 6.07) is -0.524. The second-order valence-electron chi connectivity index (χ2n) is 5.76. The fourth-order valence-electron chi connectivity index (χ4n) is 2.03. The maximum absolute atomic E-state index is 11.9. The zero-order valence-electron chi connectivity index (χ0n) is 12.6. The molecule has 8 heteroatoms. The minimum Gasteiger partial charge on any atom is -0.394 e. The van der Waals surface area contributed by atoms with Crippen LogP contribution in [0.15, 0.2) is 0 Å². The van der Waals surface area contributed by atoms with Crippen molar-refractivity contribution < 1.29 is 24.6 Å². The number of nitrogens with zero attached hydrogens (tertiary/aromatic N) is 1. The molecule has 0 bridgehead atoms. The molecule has 1 saturated heterocycles. The van der Waals surface area contributed by atoms with Gasteiger partial charge < -0.3 is 20.8 Å². The van der Waals surface area contributed by atoms with E-state index in [-0.39, 0.29) is 32.1 Å². The van der Waals surface area contributed by atoms with Crippen molar-refractivity contribution in [3.63, 3.8) is 0 Å². The summed E-state index contributed by atoms with van der Waals surface area (Å²) in [6.07, 6.45) is 0.277. The van der Waals surface area contributed by atoms with Gasteiger partial charge in [0.2, 0.25) is 5.91 Å². The first-order valence-electron chi connectivity index (χ1n) is 6.88. The number of rotatable bonds is 7. The smallest absolute Gasteiger partial charge is 0.325 e. The van der Waals surface area contributed by atoms with Crippen molar-refractivity contribution in [3.8, 4) is 0 Å². The van der Waals surface area contributed by atoms with Gasteiger partial charge >= 0.3 is 6.03 Å². The Kier molecular flexibility index (Phi) is 5.30. The van der Waals surface area contributed by atoms with Gasteiger partial charge in [0, 0.05) is 13.0 Å². The largest absolute Gasteiger partial charge is 0.394 e. The van der Waals surface area contributed by atoms with Gasteiger partial charge in [-0.3, -0.25) is 14.5 Å². The Balaban J connectivity index is 2.58. The number of carbonyl (C=O) groups is 3. The predicted octanol–water partition coefficient (Wildman–Crippen LogP) is -1.04. The first kappa shape index (κ1) is 17.4. The number of aliphatic hydroxyl groups excluding tert-OH is 2. The lowest BCUT2D eigenvalue weighted by Gasteiger charge is -2.29. The monoisotopic (exact) mass is 301 g/mol. The van der Waals surface area contributed by atoms with Gasteiger partial charge in [-0.15, -0.1) is 0 Å². The summed E-state index contributed by atoms with van der Waals surface area (Å²) in [6.45, 7) is 4.09. The first-order chi connectivity index (χ1) is 9.71. The van der Waals surface area contributed by atoms with Crippen molar-refractivity contribution in [2.24, 2.45) is 0 Å². The standard InChI is InChI=1S/C13H23N3O5/c1-4-13(7-17,8-18)14-9(19)5-6-16-10(20)12(2,3)15-11(16)21/h17-18H,4-8H2,1-3H3,(H,14,19)(H,15,21). The highest BCUT2D eigenvalue weighted by molar-refractivity contribution is 6.06. The van der Waals surface area contributed by atoms with E-state index in [1.54, 1.807) is 20.8 Å². The maximum Gasteiger partial charge on any atom is 0.325 e. The van der Waals surface area contributed by atoms with Crippen LogP contribution in [0.4, 0.5) is 4.79 Å². The number of amides is 4. The van der Waals surface area contributed by atoms with Gasteiger partial charge in [0.05, 0.1) is 18.8 Å². The molecule has 0 aromatic carbocycles. The second-order valence-corrected chi connectivity index (χ2v) is 5.76.